The Labute approximate surface area is 111 Å². The standard InChI is InChI=1S/C12H19N5O2/c18-8-9-3-1-2-4-16(9)12(19)11-7-17(15-14-11)10-5-13-6-10/h7,9-10,13,18H,1-6,8H2. The Kier molecular flexibility index (Phi) is 3.48. The largest absolute Gasteiger partial charge is 0.394 e. The number of aliphatic hydroxyl groups is 1. The molecule has 1 aromatic heterocycles. The van der Waals surface area contributed by atoms with Crippen molar-refractivity contribution in [1.29, 1.82) is 0 Å². The quantitative estimate of drug-likeness (QED) is 0.763. The number of rotatable bonds is 3. The van der Waals surface area contributed by atoms with Gasteiger partial charge < -0.3 is 15.3 Å². The van der Waals surface area contributed by atoms with Gasteiger partial charge in [0.2, 0.25) is 0 Å². The minimum atomic E-state index is -0.114. The first-order chi connectivity index (χ1) is 9.29. The van der Waals surface area contributed by atoms with E-state index in [2.05, 4.69) is 15.6 Å². The van der Waals surface area contributed by atoms with E-state index >= 15 is 0 Å². The van der Waals surface area contributed by atoms with Gasteiger partial charge in [-0.25, -0.2) is 4.68 Å². The zero-order valence-electron chi connectivity index (χ0n) is 10.8. The van der Waals surface area contributed by atoms with Gasteiger partial charge in [-0.1, -0.05) is 5.21 Å². The van der Waals surface area contributed by atoms with Crippen LogP contribution in [0.2, 0.25) is 0 Å². The van der Waals surface area contributed by atoms with E-state index in [4.69, 9.17) is 0 Å². The van der Waals surface area contributed by atoms with Gasteiger partial charge >= 0.3 is 0 Å². The smallest absolute Gasteiger partial charge is 0.276 e. The van der Waals surface area contributed by atoms with Gasteiger partial charge in [-0.3, -0.25) is 4.79 Å². The molecular weight excluding hydrogens is 246 g/mol. The number of aromatic nitrogens is 3. The van der Waals surface area contributed by atoms with Crippen LogP contribution in [0.25, 0.3) is 0 Å². The number of carbonyl (C=O) groups is 1. The fourth-order valence-electron chi connectivity index (χ4n) is 2.62. The molecule has 3 heterocycles. The van der Waals surface area contributed by atoms with E-state index in [9.17, 15) is 9.90 Å². The summed E-state index contributed by atoms with van der Waals surface area (Å²) in [5.74, 6) is -0.114. The molecule has 1 atom stereocenters. The maximum atomic E-state index is 12.4. The molecule has 0 saturated carbocycles. The summed E-state index contributed by atoms with van der Waals surface area (Å²) in [6.45, 7) is 2.47. The molecule has 1 amide bonds. The van der Waals surface area contributed by atoms with Crippen LogP contribution in [0.15, 0.2) is 6.20 Å². The molecular formula is C12H19N5O2. The number of hydrogen-bond acceptors (Lipinski definition) is 5. The highest BCUT2D eigenvalue weighted by Crippen LogP contribution is 2.19. The molecule has 19 heavy (non-hydrogen) atoms. The molecule has 2 saturated heterocycles. The Morgan fingerprint density at radius 2 is 2.32 bits per heavy atom. The summed E-state index contributed by atoms with van der Waals surface area (Å²) in [6.07, 6.45) is 4.64. The molecule has 104 valence electrons. The number of nitrogens with zero attached hydrogens (tertiary/aromatic N) is 4. The maximum absolute atomic E-state index is 12.4. The van der Waals surface area contributed by atoms with Crippen molar-refractivity contribution in [1.82, 2.24) is 25.2 Å². The van der Waals surface area contributed by atoms with Crippen molar-refractivity contribution in [3.8, 4) is 0 Å². The van der Waals surface area contributed by atoms with E-state index in [-0.39, 0.29) is 18.6 Å². The molecule has 0 radical (unpaired) electrons. The van der Waals surface area contributed by atoms with E-state index in [0.29, 0.717) is 18.3 Å². The van der Waals surface area contributed by atoms with Crippen LogP contribution in [-0.2, 0) is 0 Å². The Morgan fingerprint density at radius 1 is 1.47 bits per heavy atom. The zero-order valence-corrected chi connectivity index (χ0v) is 10.8. The van der Waals surface area contributed by atoms with E-state index in [0.717, 1.165) is 32.4 Å². The van der Waals surface area contributed by atoms with Gasteiger partial charge in [0.1, 0.15) is 0 Å². The van der Waals surface area contributed by atoms with Gasteiger partial charge in [-0.2, -0.15) is 0 Å². The van der Waals surface area contributed by atoms with Crippen molar-refractivity contribution >= 4 is 5.91 Å². The number of hydrogen-bond donors (Lipinski definition) is 2. The summed E-state index contributed by atoms with van der Waals surface area (Å²) < 4.78 is 1.75. The Balaban J connectivity index is 1.73. The van der Waals surface area contributed by atoms with Gasteiger partial charge in [0.15, 0.2) is 5.69 Å². The average Bonchev–Trinajstić information content (AvgIpc) is 2.85. The molecule has 0 spiro atoms. The number of nitrogens with one attached hydrogen (secondary N) is 1. The predicted molar refractivity (Wildman–Crippen MR) is 67.7 cm³/mol. The van der Waals surface area contributed by atoms with E-state index in [1.807, 2.05) is 0 Å². The van der Waals surface area contributed by atoms with Crippen molar-refractivity contribution < 1.29 is 9.90 Å². The summed E-state index contributed by atoms with van der Waals surface area (Å²) in [5.41, 5.74) is 0.382. The summed E-state index contributed by atoms with van der Waals surface area (Å²) >= 11 is 0. The monoisotopic (exact) mass is 265 g/mol. The van der Waals surface area contributed by atoms with Crippen molar-refractivity contribution in [2.45, 2.75) is 31.3 Å². The van der Waals surface area contributed by atoms with E-state index in [1.54, 1.807) is 15.8 Å². The van der Waals surface area contributed by atoms with Crippen LogP contribution in [-0.4, -0.2) is 63.2 Å². The molecule has 7 heteroatoms. The minimum Gasteiger partial charge on any atom is -0.394 e. The summed E-state index contributed by atoms with van der Waals surface area (Å²) in [5, 5.41) is 20.5. The molecule has 0 aliphatic carbocycles. The number of piperidine rings is 1. The van der Waals surface area contributed by atoms with Gasteiger partial charge in [-0.05, 0) is 19.3 Å². The SMILES string of the molecule is O=C(c1cn(C2CNC2)nn1)N1CCCCC1CO. The van der Waals surface area contributed by atoms with Crippen LogP contribution in [0.1, 0.15) is 35.8 Å². The molecule has 3 rings (SSSR count). The number of likely N-dealkylation sites (tertiary alicyclic amines) is 1. The lowest BCUT2D eigenvalue weighted by Crippen LogP contribution is -2.45. The molecule has 2 aliphatic rings. The van der Waals surface area contributed by atoms with Gasteiger partial charge in [0.05, 0.1) is 24.9 Å². The lowest BCUT2D eigenvalue weighted by Gasteiger charge is -2.34. The first-order valence-corrected chi connectivity index (χ1v) is 6.84. The van der Waals surface area contributed by atoms with Crippen molar-refractivity contribution in [3.05, 3.63) is 11.9 Å². The molecule has 0 bridgehead atoms. The molecule has 2 fully saturated rings. The fourth-order valence-corrected chi connectivity index (χ4v) is 2.62. The Hall–Kier alpha value is -1.47. The number of amides is 1. The van der Waals surface area contributed by atoms with Gasteiger partial charge in [-0.15, -0.1) is 5.10 Å². The topological polar surface area (TPSA) is 83.3 Å². The maximum Gasteiger partial charge on any atom is 0.276 e. The fraction of sp³-hybridized carbons (Fsp3) is 0.750. The van der Waals surface area contributed by atoms with E-state index < -0.39 is 0 Å². The second-order valence-corrected chi connectivity index (χ2v) is 5.23. The summed E-state index contributed by atoms with van der Waals surface area (Å²) in [4.78, 5) is 14.1. The van der Waals surface area contributed by atoms with E-state index in [1.165, 1.54) is 0 Å². The first-order valence-electron chi connectivity index (χ1n) is 6.84. The summed E-state index contributed by atoms with van der Waals surface area (Å²) in [7, 11) is 0. The van der Waals surface area contributed by atoms with Gasteiger partial charge in [0, 0.05) is 19.6 Å². The highest BCUT2D eigenvalue weighted by Gasteiger charge is 2.29. The first kappa shape index (κ1) is 12.6. The van der Waals surface area contributed by atoms with Crippen LogP contribution < -0.4 is 5.32 Å². The molecule has 1 unspecified atom stereocenters. The van der Waals surface area contributed by atoms with Crippen LogP contribution in [0.3, 0.4) is 0 Å². The van der Waals surface area contributed by atoms with Crippen LogP contribution in [0.4, 0.5) is 0 Å². The molecule has 0 aromatic carbocycles. The lowest BCUT2D eigenvalue weighted by atomic mass is 10.0. The Bertz CT molecular complexity index is 457. The molecule has 7 nitrogen and oxygen atoms in total. The predicted octanol–water partition coefficient (Wildman–Crippen LogP) is -0.591. The van der Waals surface area contributed by atoms with Crippen molar-refractivity contribution in [3.63, 3.8) is 0 Å². The van der Waals surface area contributed by atoms with Crippen LogP contribution in [0.5, 0.6) is 0 Å². The molecule has 2 N–H and O–H groups in total. The summed E-state index contributed by atoms with van der Waals surface area (Å²) in [6, 6.07) is 0.237. The van der Waals surface area contributed by atoms with Crippen molar-refractivity contribution in [2.75, 3.05) is 26.2 Å². The lowest BCUT2D eigenvalue weighted by molar-refractivity contribution is 0.0497. The highest BCUT2D eigenvalue weighted by atomic mass is 16.3. The number of aliphatic hydroxyl groups excluding tert-OH is 1. The Morgan fingerprint density at radius 3 is 3.00 bits per heavy atom. The zero-order chi connectivity index (χ0) is 13.2. The van der Waals surface area contributed by atoms with Gasteiger partial charge in [0.25, 0.3) is 5.91 Å². The molecule has 1 aromatic rings. The highest BCUT2D eigenvalue weighted by molar-refractivity contribution is 5.92. The number of carbonyl (C=O) groups excluding carboxylic acids is 1. The van der Waals surface area contributed by atoms with Crippen LogP contribution in [0, 0.1) is 0 Å². The minimum absolute atomic E-state index is 0.0203. The second-order valence-electron chi connectivity index (χ2n) is 5.23. The normalized spacial score (nSPS) is 24.3. The third-order valence-corrected chi connectivity index (χ3v) is 3.96. The van der Waals surface area contributed by atoms with Crippen molar-refractivity contribution in [2.24, 2.45) is 0 Å². The second kappa shape index (κ2) is 5.26. The third kappa shape index (κ3) is 2.35. The van der Waals surface area contributed by atoms with Crippen LogP contribution >= 0.6 is 0 Å². The molecule has 2 aliphatic heterocycles. The average molecular weight is 265 g/mol. The third-order valence-electron chi connectivity index (χ3n) is 3.96.